The zero-order valence-electron chi connectivity index (χ0n) is 20.1. The third-order valence-corrected chi connectivity index (χ3v) is 5.77. The van der Waals surface area contributed by atoms with Crippen LogP contribution in [0.2, 0.25) is 0 Å². The first kappa shape index (κ1) is 24.5. The Morgan fingerprint density at radius 1 is 1.11 bits per heavy atom. The molecule has 1 aliphatic heterocycles. The van der Waals surface area contributed by atoms with Crippen LogP contribution in [0.1, 0.15) is 34.2 Å². The van der Waals surface area contributed by atoms with Gasteiger partial charge in [-0.25, -0.2) is 14.5 Å². The number of esters is 1. The van der Waals surface area contributed by atoms with Crippen LogP contribution in [0, 0.1) is 6.92 Å². The molecule has 0 spiro atoms. The van der Waals surface area contributed by atoms with Gasteiger partial charge in [-0.1, -0.05) is 31.2 Å². The third-order valence-electron chi connectivity index (χ3n) is 5.77. The molecule has 0 unspecified atom stereocenters. The summed E-state index contributed by atoms with van der Waals surface area (Å²) in [6.07, 6.45) is 2.12. The number of carbonyl (C=O) groups excluding carboxylic acids is 4. The van der Waals surface area contributed by atoms with E-state index in [1.54, 1.807) is 42.5 Å². The summed E-state index contributed by atoms with van der Waals surface area (Å²) in [5, 5.41) is 5.24. The number of methoxy groups -OCH3 is 1. The molecule has 1 fully saturated rings. The highest BCUT2D eigenvalue weighted by atomic mass is 16.5. The molecule has 184 valence electrons. The Hall–Kier alpha value is -4.66. The van der Waals surface area contributed by atoms with E-state index in [0.717, 1.165) is 22.4 Å². The van der Waals surface area contributed by atoms with Crippen LogP contribution in [-0.2, 0) is 20.7 Å². The molecule has 2 N–H and O–H groups in total. The van der Waals surface area contributed by atoms with Crippen molar-refractivity contribution in [1.29, 1.82) is 0 Å². The van der Waals surface area contributed by atoms with Crippen LogP contribution in [0.25, 0.3) is 17.4 Å². The molecular formula is C27H25N3O6. The molecule has 4 rings (SSSR count). The van der Waals surface area contributed by atoms with Gasteiger partial charge in [0, 0.05) is 17.3 Å². The minimum Gasteiger partial charge on any atom is -0.465 e. The van der Waals surface area contributed by atoms with Gasteiger partial charge in [-0.15, -0.1) is 0 Å². The molecule has 1 saturated heterocycles. The molecule has 0 saturated carbocycles. The van der Waals surface area contributed by atoms with Crippen molar-refractivity contribution in [2.24, 2.45) is 0 Å². The number of furan rings is 1. The fourth-order valence-electron chi connectivity index (χ4n) is 3.85. The fourth-order valence-corrected chi connectivity index (χ4v) is 3.85. The molecule has 1 aliphatic rings. The van der Waals surface area contributed by atoms with Crippen LogP contribution in [0.4, 0.5) is 10.5 Å². The van der Waals surface area contributed by atoms with Crippen molar-refractivity contribution in [3.63, 3.8) is 0 Å². The lowest BCUT2D eigenvalue weighted by atomic mass is 10.0. The van der Waals surface area contributed by atoms with Crippen LogP contribution in [-0.4, -0.2) is 42.4 Å². The molecule has 9 nitrogen and oxygen atoms in total. The molecule has 2 heterocycles. The summed E-state index contributed by atoms with van der Waals surface area (Å²) in [5.41, 5.74) is 3.52. The molecule has 4 amide bonds. The molecule has 0 atom stereocenters. The average molecular weight is 488 g/mol. The lowest BCUT2D eigenvalue weighted by molar-refractivity contribution is -0.127. The standard InChI is InChI=1S/C27H25N3O6/c1-4-17-7-5-6-8-21(17)28-24(31)15-30-25(32)22(29-27(30)34)14-19-11-12-23(36-19)20-13-18(26(33)35-3)10-9-16(20)2/h5-14H,4,15H2,1-3H3,(H,28,31)(H,29,34)/b22-14+. The summed E-state index contributed by atoms with van der Waals surface area (Å²) in [4.78, 5) is 50.5. The Morgan fingerprint density at radius 2 is 1.89 bits per heavy atom. The van der Waals surface area contributed by atoms with Crippen LogP contribution in [0.15, 0.2) is 64.7 Å². The Bertz CT molecular complexity index is 1390. The molecular weight excluding hydrogens is 462 g/mol. The molecule has 0 aliphatic carbocycles. The number of amides is 4. The number of ether oxygens (including phenoxy) is 1. The monoisotopic (exact) mass is 487 g/mol. The Balaban J connectivity index is 1.49. The summed E-state index contributed by atoms with van der Waals surface area (Å²) >= 11 is 0. The van der Waals surface area contributed by atoms with E-state index in [0.29, 0.717) is 28.3 Å². The summed E-state index contributed by atoms with van der Waals surface area (Å²) in [6, 6.07) is 15.1. The van der Waals surface area contributed by atoms with E-state index in [9.17, 15) is 19.2 Å². The number of para-hydroxylation sites is 1. The number of benzene rings is 2. The zero-order valence-corrected chi connectivity index (χ0v) is 20.1. The number of imide groups is 1. The second kappa shape index (κ2) is 10.3. The minimum atomic E-state index is -0.696. The number of carbonyl (C=O) groups is 4. The van der Waals surface area contributed by atoms with E-state index < -0.39 is 30.4 Å². The number of hydrogen-bond acceptors (Lipinski definition) is 6. The maximum Gasteiger partial charge on any atom is 0.337 e. The first-order valence-electron chi connectivity index (χ1n) is 11.3. The number of nitrogens with one attached hydrogen (secondary N) is 2. The van der Waals surface area contributed by atoms with Crippen LogP contribution < -0.4 is 10.6 Å². The molecule has 3 aromatic rings. The van der Waals surface area contributed by atoms with Crippen LogP contribution in [0.5, 0.6) is 0 Å². The van der Waals surface area contributed by atoms with Crippen molar-refractivity contribution in [3.05, 3.63) is 82.7 Å². The maximum absolute atomic E-state index is 12.8. The summed E-state index contributed by atoms with van der Waals surface area (Å²) in [6.45, 7) is 3.42. The smallest absolute Gasteiger partial charge is 0.337 e. The van der Waals surface area contributed by atoms with E-state index in [4.69, 9.17) is 9.15 Å². The van der Waals surface area contributed by atoms with E-state index in [1.807, 2.05) is 26.0 Å². The minimum absolute atomic E-state index is 0.0114. The van der Waals surface area contributed by atoms with Crippen molar-refractivity contribution in [2.75, 3.05) is 19.0 Å². The van der Waals surface area contributed by atoms with Gasteiger partial charge in [-0.2, -0.15) is 0 Å². The average Bonchev–Trinajstić information content (AvgIpc) is 3.44. The second-order valence-corrected chi connectivity index (χ2v) is 8.16. The van der Waals surface area contributed by atoms with Gasteiger partial charge in [0.1, 0.15) is 23.8 Å². The van der Waals surface area contributed by atoms with E-state index in [2.05, 4.69) is 10.6 Å². The van der Waals surface area contributed by atoms with Crippen LogP contribution >= 0.6 is 0 Å². The topological polar surface area (TPSA) is 118 Å². The molecule has 36 heavy (non-hydrogen) atoms. The first-order valence-corrected chi connectivity index (χ1v) is 11.3. The Morgan fingerprint density at radius 3 is 2.64 bits per heavy atom. The van der Waals surface area contributed by atoms with Crippen molar-refractivity contribution in [2.45, 2.75) is 20.3 Å². The lowest BCUT2D eigenvalue weighted by Crippen LogP contribution is -2.38. The molecule has 0 bridgehead atoms. The van der Waals surface area contributed by atoms with Gasteiger partial charge in [-0.3, -0.25) is 9.59 Å². The maximum atomic E-state index is 12.8. The number of nitrogens with zero attached hydrogens (tertiary/aromatic N) is 1. The highest BCUT2D eigenvalue weighted by Crippen LogP contribution is 2.28. The van der Waals surface area contributed by atoms with Gasteiger partial charge in [-0.05, 0) is 54.8 Å². The SMILES string of the molecule is CCc1ccccc1NC(=O)CN1C(=O)N/C(=C/c2ccc(-c3cc(C(=O)OC)ccc3C)o2)C1=O. The third kappa shape index (κ3) is 5.05. The number of rotatable bonds is 7. The zero-order chi connectivity index (χ0) is 25.8. The van der Waals surface area contributed by atoms with E-state index in [-0.39, 0.29) is 5.70 Å². The van der Waals surface area contributed by atoms with Gasteiger partial charge in [0.2, 0.25) is 5.91 Å². The molecule has 9 heteroatoms. The van der Waals surface area contributed by atoms with Gasteiger partial charge in [0.25, 0.3) is 5.91 Å². The summed E-state index contributed by atoms with van der Waals surface area (Å²) in [5.74, 6) is -0.790. The molecule has 0 radical (unpaired) electrons. The Labute approximate surface area is 207 Å². The fraction of sp³-hybridized carbons (Fsp3) is 0.185. The molecule has 2 aromatic carbocycles. The van der Waals surface area contributed by atoms with Crippen molar-refractivity contribution in [3.8, 4) is 11.3 Å². The van der Waals surface area contributed by atoms with Crippen molar-refractivity contribution >= 4 is 35.6 Å². The first-order chi connectivity index (χ1) is 17.3. The van der Waals surface area contributed by atoms with Crippen molar-refractivity contribution < 1.29 is 28.3 Å². The Kier molecular flexibility index (Phi) is 7.00. The van der Waals surface area contributed by atoms with E-state index in [1.165, 1.54) is 13.2 Å². The summed E-state index contributed by atoms with van der Waals surface area (Å²) in [7, 11) is 1.31. The molecule has 1 aromatic heterocycles. The summed E-state index contributed by atoms with van der Waals surface area (Å²) < 4.78 is 10.6. The lowest BCUT2D eigenvalue weighted by Gasteiger charge is -2.13. The number of hydrogen-bond donors (Lipinski definition) is 2. The number of aryl methyl sites for hydroxylation is 2. The predicted molar refractivity (Wildman–Crippen MR) is 133 cm³/mol. The van der Waals surface area contributed by atoms with E-state index >= 15 is 0 Å². The van der Waals surface area contributed by atoms with Gasteiger partial charge in [0.15, 0.2) is 0 Å². The largest absolute Gasteiger partial charge is 0.465 e. The number of anilines is 1. The number of urea groups is 1. The highest BCUT2D eigenvalue weighted by Gasteiger charge is 2.35. The quantitative estimate of drug-likeness (QED) is 0.294. The highest BCUT2D eigenvalue weighted by molar-refractivity contribution is 6.15. The normalized spacial score (nSPS) is 14.2. The predicted octanol–water partition coefficient (Wildman–Crippen LogP) is 4.14. The van der Waals surface area contributed by atoms with Gasteiger partial charge < -0.3 is 19.8 Å². The van der Waals surface area contributed by atoms with Gasteiger partial charge in [0.05, 0.1) is 12.7 Å². The van der Waals surface area contributed by atoms with Crippen molar-refractivity contribution in [1.82, 2.24) is 10.2 Å². The van der Waals surface area contributed by atoms with Gasteiger partial charge >= 0.3 is 12.0 Å². The van der Waals surface area contributed by atoms with Crippen LogP contribution in [0.3, 0.4) is 0 Å². The second-order valence-electron chi connectivity index (χ2n) is 8.16.